The third-order valence-corrected chi connectivity index (χ3v) is 2.64. The topological polar surface area (TPSA) is 42.0 Å². The van der Waals surface area contributed by atoms with Crippen molar-refractivity contribution in [3.05, 3.63) is 34.1 Å². The highest BCUT2D eigenvalue weighted by Gasteiger charge is 2.01. The predicted octanol–water partition coefficient (Wildman–Crippen LogP) is 2.93. The predicted molar refractivity (Wildman–Crippen MR) is 66.6 cm³/mol. The zero-order chi connectivity index (χ0) is 12.0. The minimum atomic E-state index is -0.0293. The van der Waals surface area contributed by atoms with E-state index in [1.54, 1.807) is 12.3 Å². The van der Waals surface area contributed by atoms with E-state index in [-0.39, 0.29) is 5.91 Å². The first kappa shape index (κ1) is 13.0. The molecule has 86 valence electrons. The van der Waals surface area contributed by atoms with Crippen LogP contribution < -0.4 is 5.32 Å². The highest BCUT2D eigenvalue weighted by molar-refractivity contribution is 6.42. The van der Waals surface area contributed by atoms with Crippen molar-refractivity contribution in [1.29, 1.82) is 0 Å². The molecule has 0 atom stereocenters. The molecule has 0 unspecified atom stereocenters. The van der Waals surface area contributed by atoms with Crippen LogP contribution in [0.4, 0.5) is 0 Å². The summed E-state index contributed by atoms with van der Waals surface area (Å²) < 4.78 is 0. The summed E-state index contributed by atoms with van der Waals surface area (Å²) in [5.41, 5.74) is 0.824. The first-order chi connectivity index (χ1) is 7.61. The Morgan fingerprint density at radius 3 is 3.00 bits per heavy atom. The lowest BCUT2D eigenvalue weighted by Crippen LogP contribution is -2.20. The quantitative estimate of drug-likeness (QED) is 0.667. The van der Waals surface area contributed by atoms with Gasteiger partial charge in [-0.1, -0.05) is 35.4 Å². The Labute approximate surface area is 104 Å². The lowest BCUT2D eigenvalue weighted by molar-refractivity contribution is -0.118. The van der Waals surface area contributed by atoms with Gasteiger partial charge in [-0.2, -0.15) is 0 Å². The molecule has 1 heterocycles. The van der Waals surface area contributed by atoms with Crippen LogP contribution in [0.2, 0.25) is 10.2 Å². The van der Waals surface area contributed by atoms with E-state index in [1.807, 2.05) is 12.2 Å². The highest BCUT2D eigenvalue weighted by Crippen LogP contribution is 2.24. The summed E-state index contributed by atoms with van der Waals surface area (Å²) in [5, 5.41) is 3.44. The molecule has 1 amide bonds. The van der Waals surface area contributed by atoms with Crippen LogP contribution in [0.3, 0.4) is 0 Å². The molecule has 0 aromatic carbocycles. The molecule has 0 aliphatic carbocycles. The highest BCUT2D eigenvalue weighted by atomic mass is 35.5. The summed E-state index contributed by atoms with van der Waals surface area (Å²) in [6.07, 6.45) is 6.13. The van der Waals surface area contributed by atoms with Crippen LogP contribution in [0.5, 0.6) is 0 Å². The Bertz CT molecular complexity index is 405. The van der Waals surface area contributed by atoms with Crippen molar-refractivity contribution in [2.45, 2.75) is 13.3 Å². The summed E-state index contributed by atoms with van der Waals surface area (Å²) in [6, 6.07) is 1.78. The van der Waals surface area contributed by atoms with E-state index in [0.29, 0.717) is 16.7 Å². The summed E-state index contributed by atoms with van der Waals surface area (Å²) in [5.74, 6) is -0.0293. The number of aromatic nitrogens is 1. The van der Waals surface area contributed by atoms with Crippen molar-refractivity contribution >= 4 is 35.2 Å². The second-order valence-electron chi connectivity index (χ2n) is 3.18. The van der Waals surface area contributed by atoms with Gasteiger partial charge < -0.3 is 5.32 Å². The van der Waals surface area contributed by atoms with E-state index in [4.69, 9.17) is 23.2 Å². The molecule has 0 spiro atoms. The summed E-state index contributed by atoms with van der Waals surface area (Å²) in [7, 11) is 0. The number of halogens is 2. The smallest absolute Gasteiger partial charge is 0.216 e. The third kappa shape index (κ3) is 4.21. The fourth-order valence-corrected chi connectivity index (χ4v) is 1.44. The number of pyridine rings is 1. The minimum Gasteiger partial charge on any atom is -0.356 e. The fourth-order valence-electron chi connectivity index (χ4n) is 1.10. The average molecular weight is 259 g/mol. The molecule has 0 aliphatic heterocycles. The molecule has 1 rings (SSSR count). The van der Waals surface area contributed by atoms with Gasteiger partial charge in [-0.25, -0.2) is 4.98 Å². The van der Waals surface area contributed by atoms with Gasteiger partial charge in [0.1, 0.15) is 5.15 Å². The van der Waals surface area contributed by atoms with Crippen LogP contribution in [0.25, 0.3) is 6.08 Å². The average Bonchev–Trinajstić information content (AvgIpc) is 2.23. The van der Waals surface area contributed by atoms with Crippen molar-refractivity contribution in [1.82, 2.24) is 10.3 Å². The molecule has 0 bridgehead atoms. The molecule has 1 aromatic heterocycles. The number of hydrogen-bond acceptors (Lipinski definition) is 2. The monoisotopic (exact) mass is 258 g/mol. The van der Waals surface area contributed by atoms with E-state index in [9.17, 15) is 4.79 Å². The third-order valence-electron chi connectivity index (χ3n) is 1.86. The molecule has 1 N–H and O–H groups in total. The molecular weight excluding hydrogens is 247 g/mol. The minimum absolute atomic E-state index is 0.0293. The second kappa shape index (κ2) is 6.51. The molecule has 0 fully saturated rings. The largest absolute Gasteiger partial charge is 0.356 e. The van der Waals surface area contributed by atoms with Crippen LogP contribution in [0, 0.1) is 0 Å². The maximum atomic E-state index is 10.6. The molecular formula is C11H12Cl2N2O. The Balaban J connectivity index is 2.50. The van der Waals surface area contributed by atoms with Crippen molar-refractivity contribution in [3.8, 4) is 0 Å². The Morgan fingerprint density at radius 2 is 2.31 bits per heavy atom. The van der Waals surface area contributed by atoms with E-state index in [1.165, 1.54) is 6.92 Å². The van der Waals surface area contributed by atoms with E-state index >= 15 is 0 Å². The molecule has 5 heteroatoms. The van der Waals surface area contributed by atoms with Gasteiger partial charge in [-0.15, -0.1) is 0 Å². The van der Waals surface area contributed by atoms with E-state index < -0.39 is 0 Å². The Morgan fingerprint density at radius 1 is 1.56 bits per heavy atom. The van der Waals surface area contributed by atoms with Crippen molar-refractivity contribution in [2.75, 3.05) is 6.54 Å². The van der Waals surface area contributed by atoms with Gasteiger partial charge >= 0.3 is 0 Å². The van der Waals surface area contributed by atoms with Gasteiger partial charge in [0.25, 0.3) is 0 Å². The number of amides is 1. The van der Waals surface area contributed by atoms with Gasteiger partial charge in [-0.05, 0) is 18.1 Å². The van der Waals surface area contributed by atoms with Crippen LogP contribution in [-0.4, -0.2) is 17.4 Å². The number of carbonyl (C=O) groups excluding carboxylic acids is 1. The lowest BCUT2D eigenvalue weighted by atomic mass is 10.2. The fraction of sp³-hybridized carbons (Fsp3) is 0.273. The lowest BCUT2D eigenvalue weighted by Gasteiger charge is -1.99. The standard InChI is InChI=1S/C11H12Cl2N2O/c1-8(16)14-6-3-2-4-9-5-7-15-11(13)10(9)12/h2,4-5,7H,3,6H2,1H3,(H,14,16). The van der Waals surface area contributed by atoms with Crippen LogP contribution in [-0.2, 0) is 4.79 Å². The first-order valence-electron chi connectivity index (χ1n) is 4.82. The van der Waals surface area contributed by atoms with Gasteiger partial charge in [0.15, 0.2) is 0 Å². The van der Waals surface area contributed by atoms with Gasteiger partial charge in [-0.3, -0.25) is 4.79 Å². The zero-order valence-electron chi connectivity index (χ0n) is 8.84. The SMILES string of the molecule is CC(=O)NCCC=Cc1ccnc(Cl)c1Cl. The molecule has 0 aliphatic rings. The number of rotatable bonds is 4. The van der Waals surface area contributed by atoms with Crippen molar-refractivity contribution in [3.63, 3.8) is 0 Å². The second-order valence-corrected chi connectivity index (χ2v) is 3.91. The number of hydrogen-bond donors (Lipinski definition) is 1. The summed E-state index contributed by atoms with van der Waals surface area (Å²) >= 11 is 11.7. The summed E-state index contributed by atoms with van der Waals surface area (Å²) in [4.78, 5) is 14.4. The molecule has 0 saturated carbocycles. The maximum absolute atomic E-state index is 10.6. The van der Waals surface area contributed by atoms with Gasteiger partial charge in [0.2, 0.25) is 5.91 Å². The maximum Gasteiger partial charge on any atom is 0.216 e. The molecule has 0 radical (unpaired) electrons. The van der Waals surface area contributed by atoms with Gasteiger partial charge in [0, 0.05) is 19.7 Å². The normalized spacial score (nSPS) is 10.7. The van der Waals surface area contributed by atoms with E-state index in [0.717, 1.165) is 12.0 Å². The zero-order valence-corrected chi connectivity index (χ0v) is 10.3. The van der Waals surface area contributed by atoms with Crippen molar-refractivity contribution < 1.29 is 4.79 Å². The van der Waals surface area contributed by atoms with Gasteiger partial charge in [0.05, 0.1) is 5.02 Å². The van der Waals surface area contributed by atoms with Crippen LogP contribution >= 0.6 is 23.2 Å². The van der Waals surface area contributed by atoms with Crippen LogP contribution in [0.15, 0.2) is 18.3 Å². The Kier molecular flexibility index (Phi) is 5.29. The molecule has 16 heavy (non-hydrogen) atoms. The number of carbonyl (C=O) groups is 1. The number of nitrogens with zero attached hydrogens (tertiary/aromatic N) is 1. The summed E-state index contributed by atoms with van der Waals surface area (Å²) in [6.45, 7) is 2.10. The molecule has 0 saturated heterocycles. The van der Waals surface area contributed by atoms with Crippen LogP contribution in [0.1, 0.15) is 18.9 Å². The van der Waals surface area contributed by atoms with Crippen molar-refractivity contribution in [2.24, 2.45) is 0 Å². The number of nitrogens with one attached hydrogen (secondary N) is 1. The first-order valence-corrected chi connectivity index (χ1v) is 5.58. The molecule has 3 nitrogen and oxygen atoms in total. The van der Waals surface area contributed by atoms with E-state index in [2.05, 4.69) is 10.3 Å². The molecule has 1 aromatic rings. The Hall–Kier alpha value is -1.06.